The van der Waals surface area contributed by atoms with Gasteiger partial charge in [0.15, 0.2) is 0 Å². The van der Waals surface area contributed by atoms with Crippen LogP contribution in [0.5, 0.6) is 0 Å². The molecule has 3 heterocycles. The van der Waals surface area contributed by atoms with E-state index in [2.05, 4.69) is 28.9 Å². The molecule has 0 aromatic carbocycles. The van der Waals surface area contributed by atoms with Crippen molar-refractivity contribution in [3.05, 3.63) is 30.1 Å². The number of likely N-dealkylation sites (tertiary alicyclic amines) is 1. The molecule has 3 rings (SSSR count). The smallest absolute Gasteiger partial charge is 0.0727 e. The van der Waals surface area contributed by atoms with Gasteiger partial charge in [0.2, 0.25) is 0 Å². The quantitative estimate of drug-likeness (QED) is 0.926. The third-order valence-corrected chi connectivity index (χ3v) is 5.30. The van der Waals surface area contributed by atoms with Crippen LogP contribution >= 0.6 is 0 Å². The Labute approximate surface area is 127 Å². The number of hydrogen-bond donors (Lipinski definition) is 1. The molecule has 2 fully saturated rings. The molecule has 2 atom stereocenters. The van der Waals surface area contributed by atoms with E-state index in [1.165, 1.54) is 5.56 Å². The summed E-state index contributed by atoms with van der Waals surface area (Å²) in [6.45, 7) is 6.71. The third-order valence-electron chi connectivity index (χ3n) is 5.30. The summed E-state index contributed by atoms with van der Waals surface area (Å²) >= 11 is 0. The van der Waals surface area contributed by atoms with Gasteiger partial charge >= 0.3 is 0 Å². The Morgan fingerprint density at radius 2 is 2.05 bits per heavy atom. The third kappa shape index (κ3) is 3.28. The van der Waals surface area contributed by atoms with Gasteiger partial charge < -0.3 is 9.84 Å². The number of ether oxygens (including phenoxy) is 1. The van der Waals surface area contributed by atoms with Crippen LogP contribution in [0.2, 0.25) is 0 Å². The predicted octanol–water partition coefficient (Wildman–Crippen LogP) is 2.08. The first-order valence-electron chi connectivity index (χ1n) is 8.10. The number of nitrogens with zero attached hydrogens (tertiary/aromatic N) is 2. The lowest BCUT2D eigenvalue weighted by Gasteiger charge is -2.48. The van der Waals surface area contributed by atoms with E-state index in [4.69, 9.17) is 4.74 Å². The van der Waals surface area contributed by atoms with E-state index in [1.54, 1.807) is 0 Å². The van der Waals surface area contributed by atoms with Crippen molar-refractivity contribution in [2.24, 2.45) is 11.8 Å². The van der Waals surface area contributed by atoms with Gasteiger partial charge in [-0.2, -0.15) is 0 Å². The molecule has 0 saturated carbocycles. The molecule has 4 nitrogen and oxygen atoms in total. The van der Waals surface area contributed by atoms with Crippen molar-refractivity contribution < 1.29 is 9.84 Å². The van der Waals surface area contributed by atoms with Gasteiger partial charge in [0, 0.05) is 45.2 Å². The standard InChI is InChI=1S/C17H26N2O2/c1-14-12-19(13-15-2-7-18-8-3-15)9-6-17(14,20)16-4-10-21-11-5-16/h2-3,7-8,14,16,20H,4-6,9-13H2,1H3/t14-,17+/m1/s1. The number of pyridine rings is 1. The van der Waals surface area contributed by atoms with Crippen molar-refractivity contribution in [1.82, 2.24) is 9.88 Å². The maximum Gasteiger partial charge on any atom is 0.0727 e. The highest BCUT2D eigenvalue weighted by Gasteiger charge is 2.45. The largest absolute Gasteiger partial charge is 0.389 e. The molecule has 2 aliphatic heterocycles. The minimum absolute atomic E-state index is 0.316. The minimum atomic E-state index is -0.501. The molecule has 0 amide bonds. The highest BCUT2D eigenvalue weighted by molar-refractivity contribution is 5.10. The Balaban J connectivity index is 1.61. The molecule has 21 heavy (non-hydrogen) atoms. The molecule has 4 heteroatoms. The summed E-state index contributed by atoms with van der Waals surface area (Å²) in [6.07, 6.45) is 6.59. The molecule has 116 valence electrons. The fourth-order valence-corrected chi connectivity index (χ4v) is 3.91. The second-order valence-electron chi connectivity index (χ2n) is 6.62. The Morgan fingerprint density at radius 1 is 1.33 bits per heavy atom. The van der Waals surface area contributed by atoms with E-state index in [-0.39, 0.29) is 0 Å². The zero-order valence-electron chi connectivity index (χ0n) is 12.9. The molecular weight excluding hydrogens is 264 g/mol. The summed E-state index contributed by atoms with van der Waals surface area (Å²) in [5, 5.41) is 11.2. The van der Waals surface area contributed by atoms with Crippen molar-refractivity contribution in [2.45, 2.75) is 38.3 Å². The molecule has 0 unspecified atom stereocenters. The van der Waals surface area contributed by atoms with Gasteiger partial charge in [-0.25, -0.2) is 0 Å². The monoisotopic (exact) mass is 290 g/mol. The van der Waals surface area contributed by atoms with Crippen LogP contribution in [0.25, 0.3) is 0 Å². The average molecular weight is 290 g/mol. The average Bonchev–Trinajstić information content (AvgIpc) is 2.53. The number of rotatable bonds is 3. The van der Waals surface area contributed by atoms with Gasteiger partial charge in [0.1, 0.15) is 0 Å². The number of aliphatic hydroxyl groups is 1. The van der Waals surface area contributed by atoms with Crippen LogP contribution in [-0.2, 0) is 11.3 Å². The van der Waals surface area contributed by atoms with Gasteiger partial charge in [0.05, 0.1) is 5.60 Å². The van der Waals surface area contributed by atoms with Crippen LogP contribution in [-0.4, -0.2) is 46.9 Å². The van der Waals surface area contributed by atoms with Crippen molar-refractivity contribution >= 4 is 0 Å². The van der Waals surface area contributed by atoms with Crippen LogP contribution in [0.1, 0.15) is 31.7 Å². The summed E-state index contributed by atoms with van der Waals surface area (Å²) < 4.78 is 5.44. The molecule has 1 aromatic heterocycles. The molecule has 0 bridgehead atoms. The van der Waals surface area contributed by atoms with Gasteiger partial charge in [-0.1, -0.05) is 6.92 Å². The van der Waals surface area contributed by atoms with Gasteiger partial charge in [-0.15, -0.1) is 0 Å². The maximum atomic E-state index is 11.2. The first-order valence-corrected chi connectivity index (χ1v) is 8.10. The van der Waals surface area contributed by atoms with Crippen LogP contribution in [0.3, 0.4) is 0 Å². The van der Waals surface area contributed by atoms with Gasteiger partial charge in [0.25, 0.3) is 0 Å². The Morgan fingerprint density at radius 3 is 2.71 bits per heavy atom. The summed E-state index contributed by atoms with van der Waals surface area (Å²) in [7, 11) is 0. The zero-order valence-corrected chi connectivity index (χ0v) is 12.9. The molecule has 0 aliphatic carbocycles. The second-order valence-corrected chi connectivity index (χ2v) is 6.62. The highest BCUT2D eigenvalue weighted by atomic mass is 16.5. The van der Waals surface area contributed by atoms with Crippen LogP contribution in [0.4, 0.5) is 0 Å². The SMILES string of the molecule is C[C@@H]1CN(Cc2ccncc2)CC[C@@]1(O)C1CCOCC1. The van der Waals surface area contributed by atoms with E-state index >= 15 is 0 Å². The highest BCUT2D eigenvalue weighted by Crippen LogP contribution is 2.39. The lowest BCUT2D eigenvalue weighted by atomic mass is 9.70. The Hall–Kier alpha value is -0.970. The summed E-state index contributed by atoms with van der Waals surface area (Å²) in [5.41, 5.74) is 0.798. The molecule has 1 aromatic rings. The molecule has 2 aliphatic rings. The fraction of sp³-hybridized carbons (Fsp3) is 0.706. The van der Waals surface area contributed by atoms with Crippen LogP contribution in [0, 0.1) is 11.8 Å². The first-order chi connectivity index (χ1) is 10.2. The minimum Gasteiger partial charge on any atom is -0.389 e. The molecule has 0 radical (unpaired) electrons. The molecule has 1 N–H and O–H groups in total. The fourth-order valence-electron chi connectivity index (χ4n) is 3.91. The lowest BCUT2D eigenvalue weighted by molar-refractivity contribution is -0.131. The Bertz CT molecular complexity index is 447. The topological polar surface area (TPSA) is 45.6 Å². The molecule has 2 saturated heterocycles. The maximum absolute atomic E-state index is 11.2. The van der Waals surface area contributed by atoms with Crippen molar-refractivity contribution in [1.29, 1.82) is 0 Å². The number of piperidine rings is 1. The van der Waals surface area contributed by atoms with E-state index in [9.17, 15) is 5.11 Å². The second kappa shape index (κ2) is 6.42. The first kappa shape index (κ1) is 14.9. The van der Waals surface area contributed by atoms with Crippen molar-refractivity contribution in [2.75, 3.05) is 26.3 Å². The number of aromatic nitrogens is 1. The van der Waals surface area contributed by atoms with E-state index in [0.29, 0.717) is 11.8 Å². The number of hydrogen-bond acceptors (Lipinski definition) is 4. The van der Waals surface area contributed by atoms with Gasteiger partial charge in [-0.3, -0.25) is 9.88 Å². The summed E-state index contributed by atoms with van der Waals surface area (Å²) in [4.78, 5) is 6.52. The van der Waals surface area contributed by atoms with Gasteiger partial charge in [-0.05, 0) is 48.8 Å². The molecular formula is C17H26N2O2. The molecule has 0 spiro atoms. The lowest BCUT2D eigenvalue weighted by Crippen LogP contribution is -2.55. The normalized spacial score (nSPS) is 32.2. The van der Waals surface area contributed by atoms with Crippen LogP contribution in [0.15, 0.2) is 24.5 Å². The van der Waals surface area contributed by atoms with E-state index in [0.717, 1.165) is 52.1 Å². The zero-order chi connectivity index (χ0) is 14.7. The van der Waals surface area contributed by atoms with Crippen molar-refractivity contribution in [3.63, 3.8) is 0 Å². The summed E-state index contributed by atoms with van der Waals surface area (Å²) in [5.74, 6) is 0.723. The predicted molar refractivity (Wildman–Crippen MR) is 81.8 cm³/mol. The van der Waals surface area contributed by atoms with E-state index in [1.807, 2.05) is 12.4 Å². The summed E-state index contributed by atoms with van der Waals surface area (Å²) in [6, 6.07) is 4.15. The van der Waals surface area contributed by atoms with Crippen LogP contribution < -0.4 is 0 Å². The Kier molecular flexibility index (Phi) is 4.57. The van der Waals surface area contributed by atoms with E-state index < -0.39 is 5.60 Å². The van der Waals surface area contributed by atoms with Crippen molar-refractivity contribution in [3.8, 4) is 0 Å².